The van der Waals surface area contributed by atoms with Gasteiger partial charge in [-0.3, -0.25) is 9.36 Å². The SMILES string of the molecule is Cc1ccc(C(=O)N2CCC[C@H](c3nncn3-c3ccccc3)C2)cc1. The molecule has 3 aromatic rings. The molecule has 132 valence electrons. The number of hydrogen-bond donors (Lipinski definition) is 0. The van der Waals surface area contributed by atoms with E-state index in [1.165, 1.54) is 0 Å². The first-order valence-electron chi connectivity index (χ1n) is 9.03. The minimum Gasteiger partial charge on any atom is -0.338 e. The molecular formula is C21H22N4O. The van der Waals surface area contributed by atoms with Gasteiger partial charge in [-0.15, -0.1) is 10.2 Å². The van der Waals surface area contributed by atoms with Crippen LogP contribution in [0.5, 0.6) is 0 Å². The summed E-state index contributed by atoms with van der Waals surface area (Å²) in [5, 5.41) is 8.49. The maximum Gasteiger partial charge on any atom is 0.253 e. The van der Waals surface area contributed by atoms with Crippen molar-refractivity contribution in [2.75, 3.05) is 13.1 Å². The number of aryl methyl sites for hydroxylation is 1. The van der Waals surface area contributed by atoms with E-state index in [-0.39, 0.29) is 11.8 Å². The summed E-state index contributed by atoms with van der Waals surface area (Å²) in [4.78, 5) is 14.8. The molecule has 0 radical (unpaired) electrons. The predicted molar refractivity (Wildman–Crippen MR) is 100 cm³/mol. The topological polar surface area (TPSA) is 51.0 Å². The smallest absolute Gasteiger partial charge is 0.253 e. The van der Waals surface area contributed by atoms with Crippen molar-refractivity contribution in [1.82, 2.24) is 19.7 Å². The van der Waals surface area contributed by atoms with Crippen LogP contribution in [0.15, 0.2) is 60.9 Å². The Labute approximate surface area is 153 Å². The third-order valence-corrected chi connectivity index (χ3v) is 4.98. The number of likely N-dealkylation sites (tertiary alicyclic amines) is 1. The molecule has 5 heteroatoms. The summed E-state index contributed by atoms with van der Waals surface area (Å²) in [6.45, 7) is 3.50. The number of hydrogen-bond acceptors (Lipinski definition) is 3. The molecule has 4 rings (SSSR count). The summed E-state index contributed by atoms with van der Waals surface area (Å²) in [5.41, 5.74) is 2.96. The molecule has 1 amide bonds. The predicted octanol–water partition coefficient (Wildman–Crippen LogP) is 3.60. The highest BCUT2D eigenvalue weighted by atomic mass is 16.2. The Balaban J connectivity index is 1.55. The second kappa shape index (κ2) is 7.12. The van der Waals surface area contributed by atoms with Crippen molar-refractivity contribution in [3.63, 3.8) is 0 Å². The van der Waals surface area contributed by atoms with Gasteiger partial charge in [0.05, 0.1) is 0 Å². The second-order valence-corrected chi connectivity index (χ2v) is 6.85. The van der Waals surface area contributed by atoms with Crippen molar-refractivity contribution in [3.8, 4) is 5.69 Å². The molecule has 0 bridgehead atoms. The highest BCUT2D eigenvalue weighted by molar-refractivity contribution is 5.94. The first-order valence-corrected chi connectivity index (χ1v) is 9.03. The van der Waals surface area contributed by atoms with Gasteiger partial charge in [0.1, 0.15) is 12.2 Å². The van der Waals surface area contributed by atoms with Crippen molar-refractivity contribution in [3.05, 3.63) is 77.9 Å². The molecule has 1 aliphatic heterocycles. The number of para-hydroxylation sites is 1. The van der Waals surface area contributed by atoms with E-state index >= 15 is 0 Å². The highest BCUT2D eigenvalue weighted by Gasteiger charge is 2.28. The summed E-state index contributed by atoms with van der Waals surface area (Å²) >= 11 is 0. The van der Waals surface area contributed by atoms with Crippen molar-refractivity contribution >= 4 is 5.91 Å². The first kappa shape index (κ1) is 16.5. The van der Waals surface area contributed by atoms with Gasteiger partial charge in [-0.05, 0) is 44.0 Å². The molecule has 1 atom stereocenters. The Bertz CT molecular complexity index is 886. The van der Waals surface area contributed by atoms with Crippen LogP contribution in [0, 0.1) is 6.92 Å². The van der Waals surface area contributed by atoms with E-state index < -0.39 is 0 Å². The van der Waals surface area contributed by atoms with E-state index in [2.05, 4.69) is 10.2 Å². The Morgan fingerprint density at radius 3 is 2.62 bits per heavy atom. The van der Waals surface area contributed by atoms with E-state index in [0.717, 1.165) is 42.0 Å². The largest absolute Gasteiger partial charge is 0.338 e. The zero-order valence-electron chi connectivity index (χ0n) is 14.9. The lowest BCUT2D eigenvalue weighted by atomic mass is 9.96. The average Bonchev–Trinajstić information content (AvgIpc) is 3.19. The van der Waals surface area contributed by atoms with Crippen LogP contribution in [0.1, 0.15) is 40.5 Å². The molecule has 1 saturated heterocycles. The van der Waals surface area contributed by atoms with E-state index in [4.69, 9.17) is 0 Å². The molecule has 0 spiro atoms. The molecule has 5 nitrogen and oxygen atoms in total. The average molecular weight is 346 g/mol. The summed E-state index contributed by atoms with van der Waals surface area (Å²) in [7, 11) is 0. The fraction of sp³-hybridized carbons (Fsp3) is 0.286. The minimum absolute atomic E-state index is 0.0977. The van der Waals surface area contributed by atoms with Gasteiger partial charge < -0.3 is 4.90 Å². The number of rotatable bonds is 3. The summed E-state index contributed by atoms with van der Waals surface area (Å²) in [5.74, 6) is 1.22. The molecule has 26 heavy (non-hydrogen) atoms. The molecule has 0 saturated carbocycles. The quantitative estimate of drug-likeness (QED) is 0.728. The first-order chi connectivity index (χ1) is 12.7. The normalized spacial score (nSPS) is 17.3. The van der Waals surface area contributed by atoms with Crippen LogP contribution in [0.25, 0.3) is 5.69 Å². The molecule has 0 N–H and O–H groups in total. The number of carbonyl (C=O) groups is 1. The summed E-state index contributed by atoms with van der Waals surface area (Å²) < 4.78 is 2.03. The van der Waals surface area contributed by atoms with Gasteiger partial charge in [0.2, 0.25) is 0 Å². The number of nitrogens with zero attached hydrogens (tertiary/aromatic N) is 4. The second-order valence-electron chi connectivity index (χ2n) is 6.85. The van der Waals surface area contributed by atoms with Gasteiger partial charge >= 0.3 is 0 Å². The summed E-state index contributed by atoms with van der Waals surface area (Å²) in [6, 6.07) is 17.9. The van der Waals surface area contributed by atoms with Crippen LogP contribution in [0.2, 0.25) is 0 Å². The maximum atomic E-state index is 12.9. The van der Waals surface area contributed by atoms with E-state index in [1.807, 2.05) is 71.0 Å². The zero-order chi connectivity index (χ0) is 17.9. The van der Waals surface area contributed by atoms with E-state index in [9.17, 15) is 4.79 Å². The molecule has 0 unspecified atom stereocenters. The van der Waals surface area contributed by atoms with Crippen LogP contribution in [-0.4, -0.2) is 38.7 Å². The lowest BCUT2D eigenvalue weighted by molar-refractivity contribution is 0.0704. The van der Waals surface area contributed by atoms with Crippen molar-refractivity contribution in [2.24, 2.45) is 0 Å². The fourth-order valence-corrected chi connectivity index (χ4v) is 3.56. The van der Waals surface area contributed by atoms with Gasteiger partial charge in [0, 0.05) is 30.3 Å². The zero-order valence-corrected chi connectivity index (χ0v) is 14.9. The van der Waals surface area contributed by atoms with Crippen molar-refractivity contribution < 1.29 is 4.79 Å². The van der Waals surface area contributed by atoms with Gasteiger partial charge in [-0.2, -0.15) is 0 Å². The van der Waals surface area contributed by atoms with Crippen molar-refractivity contribution in [2.45, 2.75) is 25.7 Å². The molecule has 2 heterocycles. The Kier molecular flexibility index (Phi) is 4.52. The number of amides is 1. The van der Waals surface area contributed by atoms with E-state index in [1.54, 1.807) is 6.33 Å². The number of aromatic nitrogens is 3. The van der Waals surface area contributed by atoms with Crippen LogP contribution in [0.4, 0.5) is 0 Å². The molecule has 1 aromatic heterocycles. The molecule has 0 aliphatic carbocycles. The van der Waals surface area contributed by atoms with Gasteiger partial charge in [0.15, 0.2) is 0 Å². The number of piperidine rings is 1. The fourth-order valence-electron chi connectivity index (χ4n) is 3.56. The molecule has 2 aromatic carbocycles. The van der Waals surface area contributed by atoms with Crippen LogP contribution in [0.3, 0.4) is 0 Å². The Morgan fingerprint density at radius 1 is 1.08 bits per heavy atom. The van der Waals surface area contributed by atoms with Gasteiger partial charge in [0.25, 0.3) is 5.91 Å². The van der Waals surface area contributed by atoms with Gasteiger partial charge in [-0.1, -0.05) is 35.9 Å². The number of carbonyl (C=O) groups excluding carboxylic acids is 1. The van der Waals surface area contributed by atoms with Crippen LogP contribution in [-0.2, 0) is 0 Å². The molecule has 1 aliphatic rings. The van der Waals surface area contributed by atoms with Crippen LogP contribution >= 0.6 is 0 Å². The minimum atomic E-state index is 0.0977. The lowest BCUT2D eigenvalue weighted by Crippen LogP contribution is -2.39. The maximum absolute atomic E-state index is 12.9. The van der Waals surface area contributed by atoms with Crippen molar-refractivity contribution in [1.29, 1.82) is 0 Å². The third kappa shape index (κ3) is 3.25. The highest BCUT2D eigenvalue weighted by Crippen LogP contribution is 2.28. The third-order valence-electron chi connectivity index (χ3n) is 4.98. The summed E-state index contributed by atoms with van der Waals surface area (Å²) in [6.07, 6.45) is 3.75. The Hall–Kier alpha value is -2.95. The standard InChI is InChI=1S/C21H22N4O/c1-16-9-11-17(12-10-16)21(26)24-13-5-6-18(14-24)20-23-22-15-25(20)19-7-3-2-4-8-19/h2-4,7-12,15,18H,5-6,13-14H2,1H3/t18-/m0/s1. The van der Waals surface area contributed by atoms with Gasteiger partial charge in [-0.25, -0.2) is 0 Å². The van der Waals surface area contributed by atoms with E-state index in [0.29, 0.717) is 6.54 Å². The number of benzene rings is 2. The lowest BCUT2D eigenvalue weighted by Gasteiger charge is -2.32. The molecule has 1 fully saturated rings. The monoisotopic (exact) mass is 346 g/mol. The van der Waals surface area contributed by atoms with Crippen LogP contribution < -0.4 is 0 Å². The molecular weight excluding hydrogens is 324 g/mol. The Morgan fingerprint density at radius 2 is 1.85 bits per heavy atom.